The van der Waals surface area contributed by atoms with Crippen LogP contribution in [0.5, 0.6) is 17.2 Å². The number of ether oxygens (including phenoxy) is 4. The number of nitrogens with zero attached hydrogens (tertiary/aromatic N) is 2. The Labute approximate surface area is 191 Å². The lowest BCUT2D eigenvalue weighted by Gasteiger charge is -2.23. The summed E-state index contributed by atoms with van der Waals surface area (Å²) in [6.45, 7) is 1.27. The third-order valence-corrected chi connectivity index (χ3v) is 6.64. The van der Waals surface area contributed by atoms with Crippen molar-refractivity contribution in [1.29, 1.82) is 0 Å². The molecule has 1 aromatic heterocycles. The van der Waals surface area contributed by atoms with Crippen LogP contribution in [0.15, 0.2) is 36.4 Å². The van der Waals surface area contributed by atoms with Crippen LogP contribution >= 0.6 is 11.3 Å². The van der Waals surface area contributed by atoms with Gasteiger partial charge in [-0.2, -0.15) is 0 Å². The van der Waals surface area contributed by atoms with Crippen molar-refractivity contribution in [2.24, 2.45) is 0 Å². The number of rotatable bonds is 9. The molecule has 1 aliphatic heterocycles. The number of carbonyl (C=O) groups excluding carboxylic acids is 1. The van der Waals surface area contributed by atoms with Crippen molar-refractivity contribution in [2.45, 2.75) is 31.8 Å². The standard InChI is InChI=1S/C24H28N2O5S/c1-28-19-13-16(14-20(29-2)23(19)30-3)10-11-22(27)26(15-17-7-6-12-31-17)24-25-18-8-4-5-9-21(18)32-24/h4-5,8-9,13-14,17H,6-7,10-12,15H2,1-3H3. The summed E-state index contributed by atoms with van der Waals surface area (Å²) in [5.74, 6) is 1.72. The molecule has 1 fully saturated rings. The van der Waals surface area contributed by atoms with E-state index >= 15 is 0 Å². The number of hydrogen-bond donors (Lipinski definition) is 0. The lowest BCUT2D eigenvalue weighted by Crippen LogP contribution is -2.37. The van der Waals surface area contributed by atoms with Gasteiger partial charge in [-0.15, -0.1) is 0 Å². The first-order valence-electron chi connectivity index (χ1n) is 10.7. The minimum Gasteiger partial charge on any atom is -0.493 e. The number of anilines is 1. The predicted molar refractivity (Wildman–Crippen MR) is 125 cm³/mol. The van der Waals surface area contributed by atoms with Crippen LogP contribution in [0.1, 0.15) is 24.8 Å². The summed E-state index contributed by atoms with van der Waals surface area (Å²) >= 11 is 1.54. The van der Waals surface area contributed by atoms with Gasteiger partial charge in [0.15, 0.2) is 16.6 Å². The quantitative estimate of drug-likeness (QED) is 0.473. The van der Waals surface area contributed by atoms with Crippen LogP contribution in [0.2, 0.25) is 0 Å². The molecule has 0 N–H and O–H groups in total. The number of amides is 1. The Morgan fingerprint density at radius 3 is 2.53 bits per heavy atom. The fraction of sp³-hybridized carbons (Fsp3) is 0.417. The normalized spacial score (nSPS) is 15.7. The Morgan fingerprint density at radius 1 is 1.16 bits per heavy atom. The minimum atomic E-state index is 0.0216. The van der Waals surface area contributed by atoms with Crippen LogP contribution in [0.25, 0.3) is 10.2 Å². The zero-order valence-corrected chi connectivity index (χ0v) is 19.4. The molecule has 1 aliphatic rings. The molecule has 0 radical (unpaired) electrons. The highest BCUT2D eigenvalue weighted by atomic mass is 32.1. The van der Waals surface area contributed by atoms with Crippen molar-refractivity contribution in [2.75, 3.05) is 39.4 Å². The number of thiazole rings is 1. The zero-order valence-electron chi connectivity index (χ0n) is 18.6. The van der Waals surface area contributed by atoms with E-state index in [4.69, 9.17) is 23.9 Å². The lowest BCUT2D eigenvalue weighted by atomic mass is 10.1. The number of hydrogen-bond acceptors (Lipinski definition) is 7. The van der Waals surface area contributed by atoms with E-state index in [1.165, 1.54) is 11.3 Å². The van der Waals surface area contributed by atoms with Gasteiger partial charge in [0.25, 0.3) is 0 Å². The maximum absolute atomic E-state index is 13.4. The second-order valence-corrected chi connectivity index (χ2v) is 8.65. The van der Waals surface area contributed by atoms with Gasteiger partial charge in [-0.25, -0.2) is 4.98 Å². The number of carbonyl (C=O) groups is 1. The molecule has 7 nitrogen and oxygen atoms in total. The molecule has 3 aromatic rings. The van der Waals surface area contributed by atoms with Crippen molar-refractivity contribution >= 4 is 32.6 Å². The molecular formula is C24H28N2O5S. The van der Waals surface area contributed by atoms with Crippen LogP contribution < -0.4 is 19.1 Å². The van der Waals surface area contributed by atoms with Crippen molar-refractivity contribution in [3.05, 3.63) is 42.0 Å². The van der Waals surface area contributed by atoms with E-state index in [1.54, 1.807) is 26.2 Å². The molecule has 4 rings (SSSR count). The average Bonchev–Trinajstić information content (AvgIpc) is 3.49. The van der Waals surface area contributed by atoms with E-state index < -0.39 is 0 Å². The van der Waals surface area contributed by atoms with E-state index in [2.05, 4.69) is 0 Å². The van der Waals surface area contributed by atoms with Crippen LogP contribution in [-0.4, -0.2) is 51.5 Å². The summed E-state index contributed by atoms with van der Waals surface area (Å²) in [5.41, 5.74) is 1.84. The van der Waals surface area contributed by atoms with Crippen molar-refractivity contribution in [3.8, 4) is 17.2 Å². The average molecular weight is 457 g/mol. The lowest BCUT2D eigenvalue weighted by molar-refractivity contribution is -0.119. The highest BCUT2D eigenvalue weighted by molar-refractivity contribution is 7.22. The molecule has 170 valence electrons. The monoisotopic (exact) mass is 456 g/mol. The first kappa shape index (κ1) is 22.4. The summed E-state index contributed by atoms with van der Waals surface area (Å²) in [6, 6.07) is 11.7. The van der Waals surface area contributed by atoms with Crippen LogP contribution in [-0.2, 0) is 16.0 Å². The van der Waals surface area contributed by atoms with Crippen molar-refractivity contribution < 1.29 is 23.7 Å². The van der Waals surface area contributed by atoms with E-state index in [9.17, 15) is 4.79 Å². The molecule has 1 atom stereocenters. The molecule has 2 aromatic carbocycles. The Hall–Kier alpha value is -2.84. The number of para-hydroxylation sites is 1. The minimum absolute atomic E-state index is 0.0216. The summed E-state index contributed by atoms with van der Waals surface area (Å²) in [5, 5.41) is 0.719. The smallest absolute Gasteiger partial charge is 0.229 e. The van der Waals surface area contributed by atoms with Crippen LogP contribution in [0.3, 0.4) is 0 Å². The Morgan fingerprint density at radius 2 is 1.91 bits per heavy atom. The molecule has 0 spiro atoms. The molecule has 0 bridgehead atoms. The molecule has 1 unspecified atom stereocenters. The number of aromatic nitrogens is 1. The van der Waals surface area contributed by atoms with Gasteiger partial charge in [-0.1, -0.05) is 23.5 Å². The van der Waals surface area contributed by atoms with Gasteiger partial charge < -0.3 is 18.9 Å². The van der Waals surface area contributed by atoms with E-state index in [1.807, 2.05) is 36.4 Å². The predicted octanol–water partition coefficient (Wildman–Crippen LogP) is 4.47. The van der Waals surface area contributed by atoms with Gasteiger partial charge in [-0.3, -0.25) is 9.69 Å². The zero-order chi connectivity index (χ0) is 22.5. The fourth-order valence-electron chi connectivity index (χ4n) is 3.92. The van der Waals surface area contributed by atoms with Gasteiger partial charge in [0.2, 0.25) is 11.7 Å². The molecule has 0 saturated carbocycles. The highest BCUT2D eigenvalue weighted by Crippen LogP contribution is 2.38. The summed E-state index contributed by atoms with van der Waals surface area (Å²) in [4.78, 5) is 19.9. The van der Waals surface area contributed by atoms with Crippen molar-refractivity contribution in [3.63, 3.8) is 0 Å². The molecule has 2 heterocycles. The number of methoxy groups -OCH3 is 3. The first-order valence-corrected chi connectivity index (χ1v) is 11.5. The third-order valence-electron chi connectivity index (χ3n) is 5.58. The molecule has 32 heavy (non-hydrogen) atoms. The number of fused-ring (bicyclic) bond motifs is 1. The summed E-state index contributed by atoms with van der Waals surface area (Å²) < 4.78 is 23.2. The topological polar surface area (TPSA) is 70.1 Å². The van der Waals surface area contributed by atoms with E-state index in [-0.39, 0.29) is 12.0 Å². The number of aryl methyl sites for hydroxylation is 1. The SMILES string of the molecule is COc1cc(CCC(=O)N(CC2CCCO2)c2nc3ccccc3s2)cc(OC)c1OC. The van der Waals surface area contributed by atoms with Crippen LogP contribution in [0.4, 0.5) is 5.13 Å². The van der Waals surface area contributed by atoms with E-state index in [0.29, 0.717) is 36.6 Å². The van der Waals surface area contributed by atoms with E-state index in [0.717, 1.165) is 40.4 Å². The van der Waals surface area contributed by atoms with Gasteiger partial charge in [0.05, 0.1) is 44.2 Å². The molecule has 0 aliphatic carbocycles. The second-order valence-electron chi connectivity index (χ2n) is 7.64. The highest BCUT2D eigenvalue weighted by Gasteiger charge is 2.26. The maximum atomic E-state index is 13.4. The van der Waals surface area contributed by atoms with Gasteiger partial charge >= 0.3 is 0 Å². The largest absolute Gasteiger partial charge is 0.493 e. The summed E-state index contributed by atoms with van der Waals surface area (Å²) in [7, 11) is 4.75. The molecule has 1 amide bonds. The van der Waals surface area contributed by atoms with Crippen LogP contribution in [0, 0.1) is 0 Å². The van der Waals surface area contributed by atoms with Gasteiger partial charge in [-0.05, 0) is 49.1 Å². The maximum Gasteiger partial charge on any atom is 0.229 e. The molecule has 1 saturated heterocycles. The summed E-state index contributed by atoms with van der Waals surface area (Å²) in [6.07, 6.45) is 2.91. The Balaban J connectivity index is 1.54. The number of benzene rings is 2. The van der Waals surface area contributed by atoms with Gasteiger partial charge in [0.1, 0.15) is 0 Å². The molecular weight excluding hydrogens is 428 g/mol. The third kappa shape index (κ3) is 4.81. The first-order chi connectivity index (χ1) is 15.6. The Kier molecular flexibility index (Phi) is 7.12. The fourth-order valence-corrected chi connectivity index (χ4v) is 4.91. The second kappa shape index (κ2) is 10.2. The van der Waals surface area contributed by atoms with Gasteiger partial charge in [0, 0.05) is 13.0 Å². The Bertz CT molecular complexity index is 1020. The van der Waals surface area contributed by atoms with Crippen molar-refractivity contribution in [1.82, 2.24) is 4.98 Å². The molecule has 8 heteroatoms.